The molecule has 2 aliphatic rings. The first kappa shape index (κ1) is 28.1. The number of ether oxygens (including phenoxy) is 2. The SMILES string of the molecule is c1cc(-c2cc3c4c(c2)Oc2ccccc2B4c2ccccc2O3)cc(-c2cccc3sc4c(cc5c6ccccc6n6c7ccccc7c4c56)c23)c1. The zero-order chi connectivity index (χ0) is 34.4. The lowest BCUT2D eigenvalue weighted by molar-refractivity contribution is 0.465. The molecule has 0 fully saturated rings. The molecule has 244 valence electrons. The Morgan fingerprint density at radius 1 is 0.453 bits per heavy atom. The number of benzene rings is 8. The molecule has 0 spiro atoms. The standard InChI is InChI=1S/C48H26BNO2S/c1-5-18-37-31(13-1)33-26-34-44-30(15-10-22-43(44)53-48(34)45-32-14-2-6-19-38(32)50(37)47(33)45)28-12-9-11-27(23-28)29-24-41-46-42(25-29)52-40-21-8-4-17-36(40)49(46)35-16-3-7-20-39(35)51-41/h1-26H. The fourth-order valence-corrected chi connectivity index (χ4v) is 10.7. The minimum atomic E-state index is 0.0631. The maximum Gasteiger partial charge on any atom is 0.260 e. The molecule has 8 aromatic carbocycles. The summed E-state index contributed by atoms with van der Waals surface area (Å²) in [7, 11) is 0. The largest absolute Gasteiger partial charge is 0.458 e. The minimum Gasteiger partial charge on any atom is -0.458 e. The first-order valence-electron chi connectivity index (χ1n) is 18.1. The first-order valence-corrected chi connectivity index (χ1v) is 18.9. The van der Waals surface area contributed by atoms with Gasteiger partial charge in [0, 0.05) is 47.2 Å². The number of rotatable bonds is 2. The van der Waals surface area contributed by atoms with Gasteiger partial charge in [-0.05, 0) is 87.8 Å². The Morgan fingerprint density at radius 2 is 1.09 bits per heavy atom. The van der Waals surface area contributed by atoms with E-state index in [1.807, 2.05) is 23.5 Å². The van der Waals surface area contributed by atoms with E-state index < -0.39 is 0 Å². The number of fused-ring (bicyclic) bond motifs is 14. The van der Waals surface area contributed by atoms with Crippen LogP contribution in [0.15, 0.2) is 158 Å². The van der Waals surface area contributed by atoms with Crippen LogP contribution in [-0.4, -0.2) is 11.1 Å². The van der Waals surface area contributed by atoms with Crippen molar-refractivity contribution in [3.63, 3.8) is 0 Å². The molecule has 0 saturated heterocycles. The summed E-state index contributed by atoms with van der Waals surface area (Å²) in [5, 5.41) is 7.91. The van der Waals surface area contributed by atoms with Crippen LogP contribution in [0.2, 0.25) is 0 Å². The van der Waals surface area contributed by atoms with Gasteiger partial charge in [0.05, 0.1) is 16.6 Å². The van der Waals surface area contributed by atoms with Crippen LogP contribution >= 0.6 is 11.3 Å². The number of hydrogen-bond donors (Lipinski definition) is 0. The third-order valence-electron chi connectivity index (χ3n) is 11.6. The molecule has 5 heterocycles. The lowest BCUT2D eigenvalue weighted by Crippen LogP contribution is -2.57. The number of para-hydroxylation sites is 4. The van der Waals surface area contributed by atoms with Gasteiger partial charge in [-0.2, -0.15) is 0 Å². The highest BCUT2D eigenvalue weighted by atomic mass is 32.1. The van der Waals surface area contributed by atoms with Gasteiger partial charge < -0.3 is 13.9 Å². The van der Waals surface area contributed by atoms with Gasteiger partial charge in [0.25, 0.3) is 6.71 Å². The second kappa shape index (κ2) is 10.1. The molecule has 0 unspecified atom stereocenters. The Balaban J connectivity index is 1.03. The van der Waals surface area contributed by atoms with Crippen LogP contribution in [0.5, 0.6) is 23.0 Å². The van der Waals surface area contributed by atoms with Crippen molar-refractivity contribution in [2.75, 3.05) is 0 Å². The number of nitrogens with zero attached hydrogens (tertiary/aromatic N) is 1. The maximum absolute atomic E-state index is 6.64. The Morgan fingerprint density at radius 3 is 1.87 bits per heavy atom. The minimum absolute atomic E-state index is 0.0631. The van der Waals surface area contributed by atoms with Crippen molar-refractivity contribution in [2.45, 2.75) is 0 Å². The summed E-state index contributed by atoms with van der Waals surface area (Å²) in [5.74, 6) is 3.51. The van der Waals surface area contributed by atoms with Crippen LogP contribution in [0.4, 0.5) is 0 Å². The van der Waals surface area contributed by atoms with E-state index >= 15 is 0 Å². The first-order chi connectivity index (χ1) is 26.3. The molecular weight excluding hydrogens is 665 g/mol. The Kier molecular flexibility index (Phi) is 5.33. The zero-order valence-electron chi connectivity index (χ0n) is 28.3. The van der Waals surface area contributed by atoms with E-state index in [4.69, 9.17) is 9.47 Å². The van der Waals surface area contributed by atoms with E-state index in [0.29, 0.717) is 0 Å². The number of thiophene rings is 1. The summed E-state index contributed by atoms with van der Waals surface area (Å²) in [6.07, 6.45) is 0. The molecule has 5 heteroatoms. The summed E-state index contributed by atoms with van der Waals surface area (Å²) >= 11 is 1.91. The molecule has 0 atom stereocenters. The highest BCUT2D eigenvalue weighted by Crippen LogP contribution is 2.49. The lowest BCUT2D eigenvalue weighted by Gasteiger charge is -2.33. The second-order valence-corrected chi connectivity index (χ2v) is 15.4. The highest BCUT2D eigenvalue weighted by Gasteiger charge is 2.40. The summed E-state index contributed by atoms with van der Waals surface area (Å²) in [5.41, 5.74) is 11.9. The Bertz CT molecular complexity index is 3300. The smallest absolute Gasteiger partial charge is 0.260 e. The third-order valence-corrected chi connectivity index (χ3v) is 12.8. The van der Waals surface area contributed by atoms with Crippen LogP contribution in [0.3, 0.4) is 0 Å². The van der Waals surface area contributed by atoms with Crippen molar-refractivity contribution in [3.05, 3.63) is 158 Å². The molecule has 0 saturated carbocycles. The van der Waals surface area contributed by atoms with Crippen LogP contribution in [0.1, 0.15) is 0 Å². The van der Waals surface area contributed by atoms with Gasteiger partial charge in [-0.15, -0.1) is 11.3 Å². The zero-order valence-corrected chi connectivity index (χ0v) is 29.1. The van der Waals surface area contributed by atoms with Crippen LogP contribution in [-0.2, 0) is 0 Å². The average molecular weight is 692 g/mol. The summed E-state index contributed by atoms with van der Waals surface area (Å²) in [6, 6.07) is 57.1. The van der Waals surface area contributed by atoms with Crippen molar-refractivity contribution in [1.82, 2.24) is 4.40 Å². The molecule has 0 aliphatic carbocycles. The molecule has 0 radical (unpaired) electrons. The van der Waals surface area contributed by atoms with Gasteiger partial charge in [-0.25, -0.2) is 0 Å². The lowest BCUT2D eigenvalue weighted by atomic mass is 9.35. The van der Waals surface area contributed by atoms with Gasteiger partial charge in [0.1, 0.15) is 23.0 Å². The van der Waals surface area contributed by atoms with Crippen molar-refractivity contribution in [2.24, 2.45) is 0 Å². The van der Waals surface area contributed by atoms with Crippen LogP contribution in [0, 0.1) is 0 Å². The molecule has 53 heavy (non-hydrogen) atoms. The molecule has 11 aromatic rings. The molecule has 0 amide bonds. The van der Waals surface area contributed by atoms with E-state index in [1.165, 1.54) is 80.3 Å². The number of aromatic nitrogens is 1. The third kappa shape index (κ3) is 3.64. The van der Waals surface area contributed by atoms with Crippen LogP contribution in [0.25, 0.3) is 80.5 Å². The molecule has 3 aromatic heterocycles. The van der Waals surface area contributed by atoms with Crippen molar-refractivity contribution in [1.29, 1.82) is 0 Å². The maximum atomic E-state index is 6.64. The quantitative estimate of drug-likeness (QED) is 0.168. The van der Waals surface area contributed by atoms with E-state index in [9.17, 15) is 0 Å². The normalized spacial score (nSPS) is 13.2. The van der Waals surface area contributed by atoms with E-state index in [2.05, 4.69) is 150 Å². The topological polar surface area (TPSA) is 22.9 Å². The van der Waals surface area contributed by atoms with Crippen LogP contribution < -0.4 is 25.9 Å². The van der Waals surface area contributed by atoms with Gasteiger partial charge in [-0.3, -0.25) is 0 Å². The number of hydrogen-bond acceptors (Lipinski definition) is 3. The monoisotopic (exact) mass is 691 g/mol. The summed E-state index contributed by atoms with van der Waals surface area (Å²) in [4.78, 5) is 0. The molecular formula is C48H26BNO2S. The van der Waals surface area contributed by atoms with E-state index in [1.54, 1.807) is 0 Å². The summed E-state index contributed by atoms with van der Waals surface area (Å²) < 4.78 is 18.4. The Labute approximate surface area is 308 Å². The molecule has 2 aliphatic heterocycles. The Hall–Kier alpha value is -6.56. The molecule has 13 rings (SSSR count). The van der Waals surface area contributed by atoms with Gasteiger partial charge in [0.15, 0.2) is 0 Å². The molecule has 0 N–H and O–H groups in total. The average Bonchev–Trinajstić information content (AvgIpc) is 3.87. The second-order valence-electron chi connectivity index (χ2n) is 14.4. The van der Waals surface area contributed by atoms with Gasteiger partial charge >= 0.3 is 0 Å². The fraction of sp³-hybridized carbons (Fsp3) is 0. The van der Waals surface area contributed by atoms with E-state index in [0.717, 1.165) is 39.6 Å². The van der Waals surface area contributed by atoms with E-state index in [-0.39, 0.29) is 6.71 Å². The molecule has 3 nitrogen and oxygen atoms in total. The molecule has 0 bridgehead atoms. The predicted octanol–water partition coefficient (Wildman–Crippen LogP) is 11.3. The summed E-state index contributed by atoms with van der Waals surface area (Å²) in [6.45, 7) is 0.0631. The van der Waals surface area contributed by atoms with Crippen molar-refractivity contribution < 1.29 is 9.47 Å². The highest BCUT2D eigenvalue weighted by molar-refractivity contribution is 7.27. The van der Waals surface area contributed by atoms with Gasteiger partial charge in [0.2, 0.25) is 0 Å². The predicted molar refractivity (Wildman–Crippen MR) is 223 cm³/mol. The van der Waals surface area contributed by atoms with Crippen molar-refractivity contribution in [3.8, 4) is 45.3 Å². The van der Waals surface area contributed by atoms with Gasteiger partial charge in [-0.1, -0.05) is 103 Å². The van der Waals surface area contributed by atoms with Crippen molar-refractivity contribution >= 4 is 92.7 Å². The fourth-order valence-electron chi connectivity index (χ4n) is 9.45.